The largest absolute Gasteiger partial charge is 0.467 e. The van der Waals surface area contributed by atoms with Gasteiger partial charge in [-0.2, -0.15) is 0 Å². The summed E-state index contributed by atoms with van der Waals surface area (Å²) in [4.78, 5) is 11.7. The number of aliphatic hydroxyl groups excluding tert-OH is 1. The first kappa shape index (κ1) is 13.3. The van der Waals surface area contributed by atoms with Crippen LogP contribution in [0.5, 0.6) is 0 Å². The fraction of sp³-hybridized carbons (Fsp3) is 0.214. The Balaban J connectivity index is 1.81. The zero-order chi connectivity index (χ0) is 13.7. The molecule has 2 aromatic rings. The molecule has 100 valence electrons. The average molecular weight is 263 g/mol. The number of nitrogens with one attached hydrogen (secondary N) is 1. The molecule has 0 saturated carbocycles. The average Bonchev–Trinajstić information content (AvgIpc) is 2.92. The van der Waals surface area contributed by atoms with Crippen molar-refractivity contribution in [1.29, 1.82) is 0 Å². The van der Waals surface area contributed by atoms with Crippen molar-refractivity contribution in [2.75, 3.05) is 6.54 Å². The van der Waals surface area contributed by atoms with Crippen molar-refractivity contribution in [1.82, 2.24) is 5.32 Å². The van der Waals surface area contributed by atoms with Gasteiger partial charge in [-0.3, -0.25) is 4.79 Å². The third kappa shape index (κ3) is 3.66. The topological polar surface area (TPSA) is 62.5 Å². The van der Waals surface area contributed by atoms with E-state index < -0.39 is 11.9 Å². The molecule has 4 nitrogen and oxygen atoms in total. The predicted molar refractivity (Wildman–Crippen MR) is 67.0 cm³/mol. The van der Waals surface area contributed by atoms with Crippen molar-refractivity contribution in [3.8, 4) is 0 Å². The van der Waals surface area contributed by atoms with Crippen molar-refractivity contribution in [2.24, 2.45) is 0 Å². The lowest BCUT2D eigenvalue weighted by atomic mass is 10.2. The first-order valence-electron chi connectivity index (χ1n) is 5.92. The Morgan fingerprint density at radius 3 is 2.89 bits per heavy atom. The van der Waals surface area contributed by atoms with E-state index in [4.69, 9.17) is 4.42 Å². The quantitative estimate of drug-likeness (QED) is 0.869. The van der Waals surface area contributed by atoms with E-state index >= 15 is 0 Å². The van der Waals surface area contributed by atoms with E-state index in [1.165, 1.54) is 24.5 Å². The van der Waals surface area contributed by atoms with E-state index in [0.717, 1.165) is 6.07 Å². The molecule has 1 amide bonds. The lowest BCUT2D eigenvalue weighted by Gasteiger charge is -2.09. The van der Waals surface area contributed by atoms with Gasteiger partial charge in [-0.25, -0.2) is 4.39 Å². The molecule has 2 rings (SSSR count). The monoisotopic (exact) mass is 263 g/mol. The van der Waals surface area contributed by atoms with Crippen molar-refractivity contribution < 1.29 is 18.7 Å². The Labute approximate surface area is 109 Å². The van der Waals surface area contributed by atoms with Gasteiger partial charge in [-0.1, -0.05) is 6.07 Å². The van der Waals surface area contributed by atoms with Crippen LogP contribution >= 0.6 is 0 Å². The van der Waals surface area contributed by atoms with Crippen LogP contribution in [-0.2, 0) is 0 Å². The molecule has 0 bridgehead atoms. The molecule has 0 fully saturated rings. The zero-order valence-electron chi connectivity index (χ0n) is 10.2. The van der Waals surface area contributed by atoms with Crippen LogP contribution in [0.15, 0.2) is 47.1 Å². The van der Waals surface area contributed by atoms with Crippen LogP contribution in [0.25, 0.3) is 0 Å². The van der Waals surface area contributed by atoms with Crippen LogP contribution in [0.3, 0.4) is 0 Å². The minimum Gasteiger partial charge on any atom is -0.467 e. The molecule has 0 aliphatic rings. The number of benzene rings is 1. The number of aliphatic hydroxyl groups is 1. The summed E-state index contributed by atoms with van der Waals surface area (Å²) in [6.45, 7) is 0.275. The van der Waals surface area contributed by atoms with Crippen LogP contribution in [-0.4, -0.2) is 17.6 Å². The Morgan fingerprint density at radius 2 is 2.21 bits per heavy atom. The molecule has 0 aliphatic carbocycles. The van der Waals surface area contributed by atoms with Gasteiger partial charge in [0.2, 0.25) is 0 Å². The Kier molecular flexibility index (Phi) is 4.30. The summed E-state index contributed by atoms with van der Waals surface area (Å²) in [5.74, 6) is -0.366. The highest BCUT2D eigenvalue weighted by Gasteiger charge is 2.11. The molecule has 0 aliphatic heterocycles. The Morgan fingerprint density at radius 1 is 1.37 bits per heavy atom. The van der Waals surface area contributed by atoms with E-state index in [1.54, 1.807) is 12.1 Å². The van der Waals surface area contributed by atoms with Gasteiger partial charge in [-0.15, -0.1) is 0 Å². The molecule has 1 aromatic heterocycles. The Hall–Kier alpha value is -2.14. The van der Waals surface area contributed by atoms with E-state index in [0.29, 0.717) is 12.2 Å². The molecule has 1 atom stereocenters. The Bertz CT molecular complexity index is 539. The number of hydrogen-bond acceptors (Lipinski definition) is 3. The fourth-order valence-electron chi connectivity index (χ4n) is 1.68. The van der Waals surface area contributed by atoms with E-state index in [2.05, 4.69) is 5.32 Å². The summed E-state index contributed by atoms with van der Waals surface area (Å²) in [6.07, 6.45) is 1.04. The lowest BCUT2D eigenvalue weighted by Crippen LogP contribution is -2.25. The van der Waals surface area contributed by atoms with E-state index in [9.17, 15) is 14.3 Å². The molecule has 5 heteroatoms. The van der Waals surface area contributed by atoms with E-state index in [1.807, 2.05) is 0 Å². The summed E-state index contributed by atoms with van der Waals surface area (Å²) in [6, 6.07) is 8.79. The van der Waals surface area contributed by atoms with Crippen LogP contribution < -0.4 is 5.32 Å². The molecule has 0 saturated heterocycles. The normalized spacial score (nSPS) is 12.1. The molecular weight excluding hydrogens is 249 g/mol. The number of rotatable bonds is 5. The first-order valence-corrected chi connectivity index (χ1v) is 5.92. The highest BCUT2D eigenvalue weighted by molar-refractivity contribution is 5.94. The van der Waals surface area contributed by atoms with Gasteiger partial charge >= 0.3 is 0 Å². The maximum Gasteiger partial charge on any atom is 0.251 e. The molecule has 1 unspecified atom stereocenters. The van der Waals surface area contributed by atoms with Gasteiger partial charge in [0.05, 0.1) is 6.26 Å². The van der Waals surface area contributed by atoms with Gasteiger partial charge in [0, 0.05) is 12.1 Å². The van der Waals surface area contributed by atoms with Crippen molar-refractivity contribution in [3.05, 3.63) is 59.8 Å². The summed E-state index contributed by atoms with van der Waals surface area (Å²) >= 11 is 0. The second kappa shape index (κ2) is 6.15. The molecule has 19 heavy (non-hydrogen) atoms. The number of amides is 1. The van der Waals surface area contributed by atoms with Crippen molar-refractivity contribution in [2.45, 2.75) is 12.5 Å². The summed E-state index contributed by atoms with van der Waals surface area (Å²) in [5, 5.41) is 12.3. The molecule has 2 N–H and O–H groups in total. The lowest BCUT2D eigenvalue weighted by molar-refractivity contribution is 0.0935. The van der Waals surface area contributed by atoms with Gasteiger partial charge in [0.25, 0.3) is 5.91 Å². The van der Waals surface area contributed by atoms with Crippen molar-refractivity contribution >= 4 is 5.91 Å². The van der Waals surface area contributed by atoms with Crippen LogP contribution in [0.2, 0.25) is 0 Å². The number of carbonyl (C=O) groups is 1. The number of hydrogen-bond donors (Lipinski definition) is 2. The standard InChI is InChI=1S/C14H14FNO3/c15-11-4-1-3-10(9-11)14(18)16-7-6-12(17)13-5-2-8-19-13/h1-5,8-9,12,17H,6-7H2,(H,16,18). The van der Waals surface area contributed by atoms with Gasteiger partial charge in [0.15, 0.2) is 0 Å². The number of halogens is 1. The van der Waals surface area contributed by atoms with Gasteiger partial charge < -0.3 is 14.8 Å². The molecular formula is C14H14FNO3. The number of furan rings is 1. The second-order valence-corrected chi connectivity index (χ2v) is 4.09. The molecule has 0 radical (unpaired) electrons. The van der Waals surface area contributed by atoms with E-state index in [-0.39, 0.29) is 18.0 Å². The third-order valence-corrected chi connectivity index (χ3v) is 2.66. The van der Waals surface area contributed by atoms with Crippen LogP contribution in [0.1, 0.15) is 28.6 Å². The predicted octanol–water partition coefficient (Wildman–Crippen LogP) is 2.27. The zero-order valence-corrected chi connectivity index (χ0v) is 10.2. The first-order chi connectivity index (χ1) is 9.16. The van der Waals surface area contributed by atoms with Crippen LogP contribution in [0, 0.1) is 5.82 Å². The highest BCUT2D eigenvalue weighted by Crippen LogP contribution is 2.15. The minimum atomic E-state index is -0.761. The van der Waals surface area contributed by atoms with Crippen LogP contribution in [0.4, 0.5) is 4.39 Å². The summed E-state index contributed by atoms with van der Waals surface area (Å²) in [7, 11) is 0. The van der Waals surface area contributed by atoms with Gasteiger partial charge in [0.1, 0.15) is 17.7 Å². The maximum absolute atomic E-state index is 12.9. The van der Waals surface area contributed by atoms with Gasteiger partial charge in [-0.05, 0) is 36.8 Å². The SMILES string of the molecule is O=C(NCCC(O)c1ccco1)c1cccc(F)c1. The summed E-state index contributed by atoms with van der Waals surface area (Å²) < 4.78 is 18.0. The fourth-order valence-corrected chi connectivity index (χ4v) is 1.68. The number of carbonyl (C=O) groups excluding carboxylic acids is 1. The van der Waals surface area contributed by atoms with Crippen molar-refractivity contribution in [3.63, 3.8) is 0 Å². The minimum absolute atomic E-state index is 0.257. The molecule has 0 spiro atoms. The second-order valence-electron chi connectivity index (χ2n) is 4.09. The third-order valence-electron chi connectivity index (χ3n) is 2.66. The highest BCUT2D eigenvalue weighted by atomic mass is 19.1. The molecule has 1 heterocycles. The molecule has 1 aromatic carbocycles. The maximum atomic E-state index is 12.9. The smallest absolute Gasteiger partial charge is 0.251 e. The summed E-state index contributed by atoms with van der Waals surface area (Å²) in [5.41, 5.74) is 0.257.